The number of hydrogen-bond acceptors (Lipinski definition) is 5. The van der Waals surface area contributed by atoms with Gasteiger partial charge in [-0.25, -0.2) is 0 Å². The molecule has 2 aromatic carbocycles. The van der Waals surface area contributed by atoms with E-state index in [1.807, 2.05) is 43.3 Å². The van der Waals surface area contributed by atoms with Crippen molar-refractivity contribution in [2.24, 2.45) is 0 Å². The fourth-order valence-corrected chi connectivity index (χ4v) is 3.27. The van der Waals surface area contributed by atoms with Crippen molar-refractivity contribution in [3.05, 3.63) is 64.4 Å². The van der Waals surface area contributed by atoms with Gasteiger partial charge in [0.05, 0.1) is 24.3 Å². The molecule has 7 heteroatoms. The van der Waals surface area contributed by atoms with E-state index in [9.17, 15) is 9.59 Å². The van der Waals surface area contributed by atoms with E-state index < -0.39 is 0 Å². The van der Waals surface area contributed by atoms with E-state index in [2.05, 4.69) is 10.4 Å². The zero-order valence-electron chi connectivity index (χ0n) is 15.6. The molecule has 1 N–H and O–H groups in total. The van der Waals surface area contributed by atoms with Gasteiger partial charge in [-0.2, -0.15) is 5.10 Å². The van der Waals surface area contributed by atoms with Crippen LogP contribution in [0.1, 0.15) is 24.9 Å². The van der Waals surface area contributed by atoms with Gasteiger partial charge >= 0.3 is 0 Å². The molecule has 0 saturated carbocycles. The maximum atomic E-state index is 12.4. The highest BCUT2D eigenvalue weighted by atomic mass is 16.6. The first-order valence-electron chi connectivity index (χ1n) is 9.25. The highest BCUT2D eigenvalue weighted by Crippen LogP contribution is 2.32. The summed E-state index contributed by atoms with van der Waals surface area (Å²) in [6.07, 6.45) is 1.55. The van der Waals surface area contributed by atoms with E-state index in [4.69, 9.17) is 9.47 Å². The first-order valence-corrected chi connectivity index (χ1v) is 9.25. The molecule has 7 nitrogen and oxygen atoms in total. The number of carbonyl (C=O) groups is 1. The number of benzene rings is 2. The molecule has 2 heterocycles. The Hall–Kier alpha value is -3.35. The van der Waals surface area contributed by atoms with Crippen LogP contribution in [-0.4, -0.2) is 28.9 Å². The molecule has 1 atom stereocenters. The van der Waals surface area contributed by atoms with Crippen molar-refractivity contribution in [2.75, 3.05) is 13.2 Å². The van der Waals surface area contributed by atoms with Crippen molar-refractivity contribution in [3.63, 3.8) is 0 Å². The van der Waals surface area contributed by atoms with Crippen LogP contribution in [0, 0.1) is 0 Å². The SMILES string of the molecule is C[C@H](NC(=O)CCn1ncc(=O)c2ccccc21)c1ccc2c(c1)OCCO2. The van der Waals surface area contributed by atoms with Crippen LogP contribution in [0.2, 0.25) is 0 Å². The van der Waals surface area contributed by atoms with Gasteiger partial charge in [0.2, 0.25) is 11.3 Å². The lowest BCUT2D eigenvalue weighted by atomic mass is 10.1. The van der Waals surface area contributed by atoms with Gasteiger partial charge in [0, 0.05) is 11.8 Å². The van der Waals surface area contributed by atoms with Crippen LogP contribution in [0.4, 0.5) is 0 Å². The van der Waals surface area contributed by atoms with Crippen molar-refractivity contribution >= 4 is 16.8 Å². The minimum absolute atomic E-state index is 0.0908. The summed E-state index contributed by atoms with van der Waals surface area (Å²) in [6.45, 7) is 3.39. The Morgan fingerprint density at radius 2 is 1.96 bits per heavy atom. The number of amides is 1. The van der Waals surface area contributed by atoms with Crippen molar-refractivity contribution in [2.45, 2.75) is 25.9 Å². The average molecular weight is 379 g/mol. The third kappa shape index (κ3) is 3.69. The zero-order chi connectivity index (χ0) is 19.5. The fraction of sp³-hybridized carbons (Fsp3) is 0.286. The molecular formula is C21H21N3O4. The molecule has 1 amide bonds. The fourth-order valence-electron chi connectivity index (χ4n) is 3.27. The van der Waals surface area contributed by atoms with Crippen LogP contribution >= 0.6 is 0 Å². The van der Waals surface area contributed by atoms with Crippen LogP contribution in [0.5, 0.6) is 11.5 Å². The van der Waals surface area contributed by atoms with Gasteiger partial charge < -0.3 is 14.8 Å². The van der Waals surface area contributed by atoms with E-state index in [-0.39, 0.29) is 23.8 Å². The summed E-state index contributed by atoms with van der Waals surface area (Å²) in [5, 5.41) is 7.75. The highest BCUT2D eigenvalue weighted by molar-refractivity contribution is 5.79. The normalized spacial score (nSPS) is 13.9. The van der Waals surface area contributed by atoms with E-state index in [1.165, 1.54) is 6.20 Å². The van der Waals surface area contributed by atoms with E-state index >= 15 is 0 Å². The molecule has 0 spiro atoms. The maximum absolute atomic E-state index is 12.4. The molecule has 1 aliphatic rings. The summed E-state index contributed by atoms with van der Waals surface area (Å²) < 4.78 is 12.8. The number of carbonyl (C=O) groups excluding carboxylic acids is 1. The Morgan fingerprint density at radius 3 is 2.82 bits per heavy atom. The molecule has 144 valence electrons. The summed E-state index contributed by atoms with van der Waals surface area (Å²) in [5.74, 6) is 1.34. The number of nitrogens with one attached hydrogen (secondary N) is 1. The number of rotatable bonds is 5. The third-order valence-electron chi connectivity index (χ3n) is 4.76. The van der Waals surface area contributed by atoms with Crippen molar-refractivity contribution < 1.29 is 14.3 Å². The van der Waals surface area contributed by atoms with E-state index in [0.717, 1.165) is 16.8 Å². The quantitative estimate of drug-likeness (QED) is 0.736. The lowest BCUT2D eigenvalue weighted by Crippen LogP contribution is -2.28. The molecule has 4 rings (SSSR count). The third-order valence-corrected chi connectivity index (χ3v) is 4.76. The Kier molecular flexibility index (Phi) is 4.97. The average Bonchev–Trinajstić information content (AvgIpc) is 2.73. The summed E-state index contributed by atoms with van der Waals surface area (Å²) in [4.78, 5) is 24.3. The number of fused-ring (bicyclic) bond motifs is 2. The van der Waals surface area contributed by atoms with Gasteiger partial charge in [-0.1, -0.05) is 18.2 Å². The molecule has 0 bridgehead atoms. The van der Waals surface area contributed by atoms with Crippen LogP contribution in [-0.2, 0) is 11.3 Å². The van der Waals surface area contributed by atoms with Gasteiger partial charge in [-0.05, 0) is 36.8 Å². The lowest BCUT2D eigenvalue weighted by Gasteiger charge is -2.21. The minimum atomic E-state index is -0.165. The minimum Gasteiger partial charge on any atom is -0.486 e. The summed E-state index contributed by atoms with van der Waals surface area (Å²) in [5.41, 5.74) is 1.55. The number of aryl methyl sites for hydroxylation is 1. The molecule has 0 aliphatic carbocycles. The van der Waals surface area contributed by atoms with Crippen molar-refractivity contribution in [3.8, 4) is 11.5 Å². The van der Waals surface area contributed by atoms with Gasteiger partial charge in [0.15, 0.2) is 11.5 Å². The van der Waals surface area contributed by atoms with Crippen molar-refractivity contribution in [1.82, 2.24) is 15.1 Å². The maximum Gasteiger partial charge on any atom is 0.222 e. The Morgan fingerprint density at radius 1 is 1.18 bits per heavy atom. The monoisotopic (exact) mass is 379 g/mol. The smallest absolute Gasteiger partial charge is 0.222 e. The number of hydrogen-bond donors (Lipinski definition) is 1. The molecule has 1 aromatic heterocycles. The first-order chi connectivity index (χ1) is 13.6. The molecular weight excluding hydrogens is 358 g/mol. The second kappa shape index (κ2) is 7.72. The summed E-state index contributed by atoms with van der Waals surface area (Å²) >= 11 is 0. The predicted molar refractivity (Wildman–Crippen MR) is 105 cm³/mol. The van der Waals surface area contributed by atoms with Gasteiger partial charge in [-0.3, -0.25) is 14.3 Å². The molecule has 0 saturated heterocycles. The summed E-state index contributed by atoms with van der Waals surface area (Å²) in [6, 6.07) is 12.8. The van der Waals surface area contributed by atoms with Crippen molar-refractivity contribution in [1.29, 1.82) is 0 Å². The second-order valence-electron chi connectivity index (χ2n) is 6.69. The Bertz CT molecular complexity index is 1080. The van der Waals surface area contributed by atoms with Crippen LogP contribution < -0.4 is 20.2 Å². The van der Waals surface area contributed by atoms with Crippen LogP contribution in [0.3, 0.4) is 0 Å². The lowest BCUT2D eigenvalue weighted by molar-refractivity contribution is -0.122. The Balaban J connectivity index is 1.41. The Labute approximate surface area is 161 Å². The molecule has 0 fully saturated rings. The number of nitrogens with zero attached hydrogens (tertiary/aromatic N) is 2. The molecule has 0 unspecified atom stereocenters. The second-order valence-corrected chi connectivity index (χ2v) is 6.69. The number of ether oxygens (including phenoxy) is 2. The predicted octanol–water partition coefficient (Wildman–Crippen LogP) is 2.44. The molecule has 0 radical (unpaired) electrons. The highest BCUT2D eigenvalue weighted by Gasteiger charge is 2.16. The van der Waals surface area contributed by atoms with E-state index in [0.29, 0.717) is 30.9 Å². The van der Waals surface area contributed by atoms with Crippen LogP contribution in [0.15, 0.2) is 53.5 Å². The molecule has 1 aliphatic heterocycles. The van der Waals surface area contributed by atoms with Gasteiger partial charge in [-0.15, -0.1) is 0 Å². The zero-order valence-corrected chi connectivity index (χ0v) is 15.6. The summed E-state index contributed by atoms with van der Waals surface area (Å²) in [7, 11) is 0. The topological polar surface area (TPSA) is 82.5 Å². The van der Waals surface area contributed by atoms with E-state index in [1.54, 1.807) is 10.7 Å². The van der Waals surface area contributed by atoms with Gasteiger partial charge in [0.1, 0.15) is 13.2 Å². The number of aromatic nitrogens is 2. The molecule has 3 aromatic rings. The number of para-hydroxylation sites is 1. The first kappa shape index (κ1) is 18.0. The van der Waals surface area contributed by atoms with Crippen LogP contribution in [0.25, 0.3) is 10.9 Å². The largest absolute Gasteiger partial charge is 0.486 e. The van der Waals surface area contributed by atoms with Gasteiger partial charge in [0.25, 0.3) is 0 Å². The molecule has 28 heavy (non-hydrogen) atoms. The standard InChI is InChI=1S/C21H21N3O4/c1-14(15-6-7-19-20(12-15)28-11-10-27-19)23-21(26)8-9-24-17-5-3-2-4-16(17)18(25)13-22-24/h2-7,12-14H,8-11H2,1H3,(H,23,26)/t14-/m0/s1.